The van der Waals surface area contributed by atoms with Crippen LogP contribution in [0.5, 0.6) is 0 Å². The van der Waals surface area contributed by atoms with E-state index in [2.05, 4.69) is 15.5 Å². The average Bonchev–Trinajstić information content (AvgIpc) is 3.13. The first-order chi connectivity index (χ1) is 15.4. The number of rotatable bonds is 6. The lowest BCUT2D eigenvalue weighted by Crippen LogP contribution is -2.17. The first kappa shape index (κ1) is 24.6. The molecule has 0 aliphatic heterocycles. The molecule has 1 heterocycles. The van der Waals surface area contributed by atoms with Gasteiger partial charge in [0.05, 0.1) is 16.9 Å². The van der Waals surface area contributed by atoms with Gasteiger partial charge in [-0.2, -0.15) is 26.3 Å². The lowest BCUT2D eigenvalue weighted by atomic mass is 10.1. The van der Waals surface area contributed by atoms with Crippen LogP contribution < -0.4 is 5.32 Å². The summed E-state index contributed by atoms with van der Waals surface area (Å²) in [5.41, 5.74) is -1.77. The maximum absolute atomic E-state index is 13.0. The van der Waals surface area contributed by atoms with Crippen LogP contribution >= 0.6 is 11.8 Å². The Morgan fingerprint density at radius 2 is 1.64 bits per heavy atom. The van der Waals surface area contributed by atoms with Crippen molar-refractivity contribution in [3.05, 3.63) is 59.2 Å². The van der Waals surface area contributed by atoms with Gasteiger partial charge in [-0.3, -0.25) is 4.79 Å². The van der Waals surface area contributed by atoms with Gasteiger partial charge in [0, 0.05) is 17.8 Å². The Hall–Kier alpha value is -3.02. The lowest BCUT2D eigenvalue weighted by molar-refractivity contribution is -0.143. The number of aryl methyl sites for hydroxylation is 1. The second-order valence-electron chi connectivity index (χ2n) is 7.05. The highest BCUT2D eigenvalue weighted by atomic mass is 32.2. The molecule has 5 nitrogen and oxygen atoms in total. The van der Waals surface area contributed by atoms with Crippen LogP contribution in [0.3, 0.4) is 0 Å². The smallest absolute Gasteiger partial charge is 0.325 e. The summed E-state index contributed by atoms with van der Waals surface area (Å²) in [5.74, 6) is -0.490. The van der Waals surface area contributed by atoms with Crippen molar-refractivity contribution < 1.29 is 31.1 Å². The largest absolute Gasteiger partial charge is 0.416 e. The molecule has 1 N–H and O–H groups in total. The number of aromatic nitrogens is 3. The van der Waals surface area contributed by atoms with Crippen molar-refractivity contribution in [2.45, 2.75) is 37.9 Å². The molecular weight excluding hydrogens is 470 g/mol. The Morgan fingerprint density at radius 3 is 2.18 bits per heavy atom. The monoisotopic (exact) mass is 488 g/mol. The maximum atomic E-state index is 13.0. The molecule has 0 unspecified atom stereocenters. The van der Waals surface area contributed by atoms with E-state index in [-0.39, 0.29) is 11.8 Å². The van der Waals surface area contributed by atoms with E-state index in [0.29, 0.717) is 29.7 Å². The fraction of sp³-hybridized carbons (Fsp3) is 0.286. The highest BCUT2D eigenvalue weighted by molar-refractivity contribution is 7.99. The predicted octanol–water partition coefficient (Wildman–Crippen LogP) is 6.04. The van der Waals surface area contributed by atoms with Crippen molar-refractivity contribution in [2.75, 3.05) is 11.1 Å². The quantitative estimate of drug-likeness (QED) is 0.339. The number of benzene rings is 2. The van der Waals surface area contributed by atoms with E-state index in [0.717, 1.165) is 22.9 Å². The van der Waals surface area contributed by atoms with E-state index >= 15 is 0 Å². The minimum atomic E-state index is -5.00. The van der Waals surface area contributed by atoms with E-state index < -0.39 is 35.1 Å². The topological polar surface area (TPSA) is 59.8 Å². The Balaban J connectivity index is 1.76. The van der Waals surface area contributed by atoms with Gasteiger partial charge in [-0.1, -0.05) is 35.5 Å². The standard InChI is InChI=1S/C21H18F6N4OS/c1-3-31-18(13-6-4-5-12(2)7-13)29-30-19(31)33-11-17(32)28-16-9-14(20(22,23)24)8-15(10-16)21(25,26)27/h4-10H,3,11H2,1-2H3,(H,28,32). The van der Waals surface area contributed by atoms with Crippen molar-refractivity contribution in [3.63, 3.8) is 0 Å². The molecule has 0 spiro atoms. The molecule has 3 aromatic rings. The summed E-state index contributed by atoms with van der Waals surface area (Å²) in [6.45, 7) is 4.27. The van der Waals surface area contributed by atoms with Gasteiger partial charge in [0.25, 0.3) is 0 Å². The van der Waals surface area contributed by atoms with Crippen LogP contribution in [0.4, 0.5) is 32.0 Å². The molecule has 33 heavy (non-hydrogen) atoms. The number of hydrogen-bond donors (Lipinski definition) is 1. The molecule has 1 amide bonds. The van der Waals surface area contributed by atoms with E-state index in [4.69, 9.17) is 0 Å². The van der Waals surface area contributed by atoms with Gasteiger partial charge in [-0.05, 0) is 38.1 Å². The van der Waals surface area contributed by atoms with Gasteiger partial charge in [0.2, 0.25) is 5.91 Å². The highest BCUT2D eigenvalue weighted by Gasteiger charge is 2.37. The van der Waals surface area contributed by atoms with Gasteiger partial charge in [-0.15, -0.1) is 10.2 Å². The summed E-state index contributed by atoms with van der Waals surface area (Å²) in [7, 11) is 0. The Kier molecular flexibility index (Phi) is 7.06. The summed E-state index contributed by atoms with van der Waals surface area (Å²) in [6, 6.07) is 8.49. The number of thioether (sulfide) groups is 1. The zero-order chi connectivity index (χ0) is 24.4. The van der Waals surface area contributed by atoms with Crippen LogP contribution in [-0.2, 0) is 23.7 Å². The fourth-order valence-electron chi connectivity index (χ4n) is 3.03. The first-order valence-electron chi connectivity index (χ1n) is 9.61. The van der Waals surface area contributed by atoms with Gasteiger partial charge < -0.3 is 9.88 Å². The van der Waals surface area contributed by atoms with Crippen LogP contribution in [0, 0.1) is 6.92 Å². The van der Waals surface area contributed by atoms with E-state index in [1.807, 2.05) is 38.1 Å². The molecule has 176 valence electrons. The number of anilines is 1. The number of carbonyl (C=O) groups is 1. The number of halogens is 6. The zero-order valence-corrected chi connectivity index (χ0v) is 18.2. The molecule has 12 heteroatoms. The molecule has 0 fully saturated rings. The van der Waals surface area contributed by atoms with Crippen LogP contribution in [-0.4, -0.2) is 26.4 Å². The summed E-state index contributed by atoms with van der Waals surface area (Å²) >= 11 is 0.971. The number of hydrogen-bond acceptors (Lipinski definition) is 4. The van der Waals surface area contributed by atoms with Gasteiger partial charge in [0.15, 0.2) is 11.0 Å². The third-order valence-corrected chi connectivity index (χ3v) is 5.48. The van der Waals surface area contributed by atoms with Gasteiger partial charge in [-0.25, -0.2) is 0 Å². The SMILES string of the molecule is CCn1c(SCC(=O)Nc2cc(C(F)(F)F)cc(C(F)(F)F)c2)nnc1-c1cccc(C)c1. The van der Waals surface area contributed by atoms with Crippen LogP contribution in [0.2, 0.25) is 0 Å². The fourth-order valence-corrected chi connectivity index (χ4v) is 3.83. The number of nitrogens with one attached hydrogen (secondary N) is 1. The van der Waals surface area contributed by atoms with Gasteiger partial charge >= 0.3 is 12.4 Å². The van der Waals surface area contributed by atoms with Crippen LogP contribution in [0.25, 0.3) is 11.4 Å². The number of nitrogens with zero attached hydrogens (tertiary/aromatic N) is 3. The third-order valence-electron chi connectivity index (χ3n) is 4.51. The Morgan fingerprint density at radius 1 is 1.00 bits per heavy atom. The molecule has 0 radical (unpaired) electrons. The van der Waals surface area contributed by atoms with Crippen molar-refractivity contribution in [3.8, 4) is 11.4 Å². The molecule has 0 saturated carbocycles. The molecule has 0 atom stereocenters. The molecule has 0 aliphatic rings. The predicted molar refractivity (Wildman–Crippen MR) is 112 cm³/mol. The molecule has 2 aromatic carbocycles. The van der Waals surface area contributed by atoms with Crippen molar-refractivity contribution >= 4 is 23.4 Å². The normalized spacial score (nSPS) is 12.1. The van der Waals surface area contributed by atoms with E-state index in [1.54, 1.807) is 4.57 Å². The number of amides is 1. The molecule has 0 aliphatic carbocycles. The summed E-state index contributed by atoms with van der Waals surface area (Å²) < 4.78 is 79.7. The van der Waals surface area contributed by atoms with Crippen LogP contribution in [0.1, 0.15) is 23.6 Å². The summed E-state index contributed by atoms with van der Waals surface area (Å²) in [6.07, 6.45) is -10.0. The Labute approximate surface area is 189 Å². The maximum Gasteiger partial charge on any atom is 0.416 e. The molecule has 3 rings (SSSR count). The minimum Gasteiger partial charge on any atom is -0.325 e. The first-order valence-corrected chi connectivity index (χ1v) is 10.6. The lowest BCUT2D eigenvalue weighted by Gasteiger charge is -2.14. The minimum absolute atomic E-state index is 0.000947. The second kappa shape index (κ2) is 9.46. The third kappa shape index (κ3) is 6.06. The second-order valence-corrected chi connectivity index (χ2v) is 7.99. The summed E-state index contributed by atoms with van der Waals surface area (Å²) in [4.78, 5) is 12.3. The van der Waals surface area contributed by atoms with Gasteiger partial charge in [0.1, 0.15) is 0 Å². The zero-order valence-electron chi connectivity index (χ0n) is 17.4. The Bertz CT molecular complexity index is 1120. The van der Waals surface area contributed by atoms with Crippen molar-refractivity contribution in [1.29, 1.82) is 0 Å². The van der Waals surface area contributed by atoms with Crippen molar-refractivity contribution in [1.82, 2.24) is 14.8 Å². The number of carbonyl (C=O) groups excluding carboxylic acids is 1. The van der Waals surface area contributed by atoms with Crippen LogP contribution in [0.15, 0.2) is 47.6 Å². The van der Waals surface area contributed by atoms with E-state index in [9.17, 15) is 31.1 Å². The highest BCUT2D eigenvalue weighted by Crippen LogP contribution is 2.37. The average molecular weight is 488 g/mol. The molecule has 1 aromatic heterocycles. The molecule has 0 bridgehead atoms. The van der Waals surface area contributed by atoms with E-state index in [1.165, 1.54) is 0 Å². The molecule has 0 saturated heterocycles. The van der Waals surface area contributed by atoms with Crippen molar-refractivity contribution in [2.24, 2.45) is 0 Å². The summed E-state index contributed by atoms with van der Waals surface area (Å²) in [5, 5.41) is 10.7. The molecular formula is C21H18F6N4OS. The number of alkyl halides is 6.